The fourth-order valence-corrected chi connectivity index (χ4v) is 5.86. The van der Waals surface area contributed by atoms with Crippen LogP contribution in [0.3, 0.4) is 0 Å². The van der Waals surface area contributed by atoms with Gasteiger partial charge in [-0.25, -0.2) is 13.9 Å². The van der Waals surface area contributed by atoms with Gasteiger partial charge in [-0.3, -0.25) is 13.9 Å². The Kier molecular flexibility index (Phi) is 9.38. The molecule has 0 spiro atoms. The van der Waals surface area contributed by atoms with Gasteiger partial charge < -0.3 is 29.7 Å². The second-order valence-electron chi connectivity index (χ2n) is 10.4. The number of carbonyl (C=O) groups is 1. The number of ether oxygens (including phenoxy) is 2. The molecule has 1 saturated heterocycles. The summed E-state index contributed by atoms with van der Waals surface area (Å²) in [4.78, 5) is 27.1. The number of rotatable bonds is 12. The number of esters is 1. The summed E-state index contributed by atoms with van der Waals surface area (Å²) in [7, 11) is -2.49. The van der Waals surface area contributed by atoms with Crippen molar-refractivity contribution in [1.29, 1.82) is 0 Å². The maximum atomic E-state index is 16.1. The fraction of sp³-hybridized carbons (Fsp3) is 0.538. The number of aliphatic hydroxyl groups excluding tert-OH is 1. The van der Waals surface area contributed by atoms with Crippen LogP contribution in [-0.4, -0.2) is 80.8 Å². The number of hydrogen-bond acceptors (Lipinski definition) is 12. The quantitative estimate of drug-likeness (QED) is 0.202. The highest BCUT2D eigenvalue weighted by atomic mass is 31.2. The predicted molar refractivity (Wildman–Crippen MR) is 153 cm³/mol. The highest BCUT2D eigenvalue weighted by molar-refractivity contribution is 7.52. The Hall–Kier alpha value is -3.36. The number of alkyl halides is 1. The molecule has 14 nitrogen and oxygen atoms in total. The van der Waals surface area contributed by atoms with E-state index < -0.39 is 56.6 Å². The zero-order chi connectivity index (χ0) is 30.8. The third kappa shape index (κ3) is 6.65. The van der Waals surface area contributed by atoms with E-state index in [4.69, 9.17) is 24.3 Å². The van der Waals surface area contributed by atoms with Crippen LogP contribution in [0.1, 0.15) is 40.8 Å². The topological polar surface area (TPSA) is 176 Å². The van der Waals surface area contributed by atoms with Crippen LogP contribution in [0.4, 0.5) is 16.2 Å². The van der Waals surface area contributed by atoms with Crippen LogP contribution in [0, 0.1) is 0 Å². The minimum atomic E-state index is -4.29. The first-order valence-electron chi connectivity index (χ1n) is 13.5. The van der Waals surface area contributed by atoms with E-state index in [0.29, 0.717) is 17.9 Å². The van der Waals surface area contributed by atoms with E-state index in [1.807, 2.05) is 11.8 Å². The van der Waals surface area contributed by atoms with Crippen LogP contribution in [0.15, 0.2) is 36.7 Å². The van der Waals surface area contributed by atoms with Gasteiger partial charge in [0.2, 0.25) is 5.95 Å². The molecule has 230 valence electrons. The molecule has 0 bridgehead atoms. The van der Waals surface area contributed by atoms with Crippen molar-refractivity contribution in [3.63, 3.8) is 0 Å². The van der Waals surface area contributed by atoms with Crippen LogP contribution in [0.25, 0.3) is 11.2 Å². The first-order chi connectivity index (χ1) is 19.8. The molecular formula is C26H37FN7O7P. The first kappa shape index (κ1) is 31.6. The first-order valence-corrected chi connectivity index (χ1v) is 15.0. The molecular weight excluding hydrogens is 572 g/mol. The number of aliphatic hydroxyl groups is 1. The Morgan fingerprint density at radius 3 is 2.64 bits per heavy atom. The number of fused-ring (bicyclic) bond motifs is 1. The number of para-hydroxylation sites is 1. The van der Waals surface area contributed by atoms with Gasteiger partial charge in [-0.05, 0) is 46.8 Å². The molecule has 4 N–H and O–H groups in total. The number of anilines is 2. The number of aromatic nitrogens is 4. The molecule has 42 heavy (non-hydrogen) atoms. The van der Waals surface area contributed by atoms with Crippen molar-refractivity contribution in [1.82, 2.24) is 24.6 Å². The van der Waals surface area contributed by atoms with Gasteiger partial charge in [0.25, 0.3) is 0 Å². The summed E-state index contributed by atoms with van der Waals surface area (Å²) in [5.41, 5.74) is 4.15. The molecule has 0 aliphatic carbocycles. The minimum absolute atomic E-state index is 0.0475. The van der Waals surface area contributed by atoms with Crippen molar-refractivity contribution in [2.24, 2.45) is 0 Å². The molecule has 1 aromatic carbocycles. The Morgan fingerprint density at radius 1 is 1.31 bits per heavy atom. The number of nitrogens with zero attached hydrogens (tertiary/aromatic N) is 5. The highest BCUT2D eigenvalue weighted by Crippen LogP contribution is 2.48. The van der Waals surface area contributed by atoms with Gasteiger partial charge in [0, 0.05) is 13.6 Å². The molecule has 1 fully saturated rings. The van der Waals surface area contributed by atoms with E-state index in [2.05, 4.69) is 20.0 Å². The van der Waals surface area contributed by atoms with Crippen LogP contribution in [0.5, 0.6) is 5.75 Å². The van der Waals surface area contributed by atoms with Gasteiger partial charge in [0.15, 0.2) is 28.9 Å². The normalized spacial score (nSPS) is 24.5. The molecule has 0 saturated carbocycles. The number of imidazole rings is 1. The van der Waals surface area contributed by atoms with Crippen molar-refractivity contribution in [2.75, 3.05) is 30.8 Å². The van der Waals surface area contributed by atoms with E-state index in [9.17, 15) is 14.5 Å². The number of nitrogen functional groups attached to an aromatic ring is 1. The van der Waals surface area contributed by atoms with Crippen molar-refractivity contribution < 1.29 is 37.4 Å². The molecule has 16 heteroatoms. The summed E-state index contributed by atoms with van der Waals surface area (Å²) in [6.45, 7) is 7.92. The maximum Gasteiger partial charge on any atom is 0.459 e. The summed E-state index contributed by atoms with van der Waals surface area (Å²) >= 11 is 0. The van der Waals surface area contributed by atoms with Gasteiger partial charge in [-0.15, -0.1) is 0 Å². The van der Waals surface area contributed by atoms with Crippen LogP contribution >= 0.6 is 7.75 Å². The lowest BCUT2D eigenvalue weighted by Crippen LogP contribution is -2.41. The molecule has 0 radical (unpaired) electrons. The standard InChI is InChI=1S/C26H37FN7O7P/c1-7-33(6)21-19-22(31-25(28)30-21)34(14-29-19)24-26(5,27)20(35)18(40-24)13-38-42(37,41-17-11-9-8-10-12-17)32-16(4)23(36)39-15(2)3/h8-12,14-16,18,20,24,35H,7,13H2,1-6H3,(H,32,37)(H2,28,30,31)/t16-,18+,20+,24+,26+,42?/m0/s1. The molecule has 1 aliphatic rings. The smallest absolute Gasteiger partial charge is 0.459 e. The predicted octanol–water partition coefficient (Wildman–Crippen LogP) is 2.98. The lowest BCUT2D eigenvalue weighted by molar-refractivity contribution is -0.149. The van der Waals surface area contributed by atoms with Gasteiger partial charge in [-0.2, -0.15) is 15.1 Å². The van der Waals surface area contributed by atoms with E-state index in [1.165, 1.54) is 24.7 Å². The van der Waals surface area contributed by atoms with Gasteiger partial charge in [0.1, 0.15) is 24.0 Å². The lowest BCUT2D eigenvalue weighted by Gasteiger charge is -2.25. The molecule has 3 aromatic rings. The zero-order valence-corrected chi connectivity index (χ0v) is 25.2. The van der Waals surface area contributed by atoms with Crippen LogP contribution in [-0.2, 0) is 23.4 Å². The summed E-state index contributed by atoms with van der Waals surface area (Å²) in [5.74, 6) is -0.0871. The third-order valence-corrected chi connectivity index (χ3v) is 8.30. The molecule has 1 aliphatic heterocycles. The number of hydrogen-bond donors (Lipinski definition) is 3. The number of nitrogens with two attached hydrogens (primary N) is 1. The van der Waals surface area contributed by atoms with Crippen molar-refractivity contribution >= 4 is 36.6 Å². The third-order valence-electron chi connectivity index (χ3n) is 6.66. The summed E-state index contributed by atoms with van der Waals surface area (Å²) in [6.07, 6.45) is -3.49. The van der Waals surface area contributed by atoms with E-state index in [0.717, 1.165) is 0 Å². The number of benzene rings is 1. The summed E-state index contributed by atoms with van der Waals surface area (Å²) in [6, 6.07) is 7.07. The Balaban J connectivity index is 1.58. The average molecular weight is 610 g/mol. The van der Waals surface area contributed by atoms with E-state index in [-0.39, 0.29) is 17.3 Å². The Morgan fingerprint density at radius 2 is 2.00 bits per heavy atom. The largest absolute Gasteiger partial charge is 0.462 e. The molecule has 4 rings (SSSR count). The number of halogens is 1. The summed E-state index contributed by atoms with van der Waals surface area (Å²) in [5, 5.41) is 13.5. The molecule has 6 atom stereocenters. The molecule has 0 amide bonds. The van der Waals surface area contributed by atoms with Gasteiger partial charge in [-0.1, -0.05) is 18.2 Å². The average Bonchev–Trinajstić information content (AvgIpc) is 3.44. The monoisotopic (exact) mass is 609 g/mol. The highest BCUT2D eigenvalue weighted by Gasteiger charge is 2.56. The zero-order valence-electron chi connectivity index (χ0n) is 24.3. The number of carbonyl (C=O) groups excluding carboxylic acids is 1. The second-order valence-corrected chi connectivity index (χ2v) is 12.1. The van der Waals surface area contributed by atoms with Crippen molar-refractivity contribution in [3.05, 3.63) is 36.7 Å². The van der Waals surface area contributed by atoms with Crippen molar-refractivity contribution in [3.8, 4) is 5.75 Å². The van der Waals surface area contributed by atoms with Gasteiger partial charge in [0.05, 0.1) is 19.0 Å². The Bertz CT molecular complexity index is 1440. The lowest BCUT2D eigenvalue weighted by atomic mass is 9.98. The van der Waals surface area contributed by atoms with Crippen LogP contribution < -0.4 is 20.2 Å². The minimum Gasteiger partial charge on any atom is -0.462 e. The van der Waals surface area contributed by atoms with E-state index >= 15 is 4.39 Å². The van der Waals surface area contributed by atoms with E-state index in [1.54, 1.807) is 51.2 Å². The second kappa shape index (κ2) is 12.5. The fourth-order valence-electron chi connectivity index (χ4n) is 4.36. The number of nitrogens with one attached hydrogen (secondary N) is 1. The molecule has 2 aromatic heterocycles. The van der Waals surface area contributed by atoms with Gasteiger partial charge >= 0.3 is 13.7 Å². The maximum absolute atomic E-state index is 16.1. The summed E-state index contributed by atoms with van der Waals surface area (Å²) < 4.78 is 53.6. The van der Waals surface area contributed by atoms with Crippen LogP contribution in [0.2, 0.25) is 0 Å². The molecule has 3 heterocycles. The van der Waals surface area contributed by atoms with Crippen molar-refractivity contribution in [2.45, 2.75) is 70.9 Å². The SMILES string of the molecule is CCN(C)c1nc(N)nc2c1ncn2[C@@H]1O[C@H](COP(=O)(N[C@@H](C)C(=O)OC(C)C)Oc2ccccc2)[C@@H](O)[C@@]1(C)F. The molecule has 1 unspecified atom stereocenters. The Labute approximate surface area is 242 Å².